The van der Waals surface area contributed by atoms with Gasteiger partial charge in [-0.3, -0.25) is 0 Å². The number of thioether (sulfide) groups is 1. The highest BCUT2D eigenvalue weighted by molar-refractivity contribution is 7.99. The Morgan fingerprint density at radius 2 is 2.10 bits per heavy atom. The van der Waals surface area contributed by atoms with E-state index in [0.717, 1.165) is 12.5 Å². The summed E-state index contributed by atoms with van der Waals surface area (Å²) in [6, 6.07) is 10.4. The average molecular weight is 290 g/mol. The van der Waals surface area contributed by atoms with E-state index in [-0.39, 0.29) is 0 Å². The molecule has 0 N–H and O–H groups in total. The molecule has 20 heavy (non-hydrogen) atoms. The van der Waals surface area contributed by atoms with Gasteiger partial charge < -0.3 is 4.74 Å². The lowest BCUT2D eigenvalue weighted by Gasteiger charge is -2.18. The van der Waals surface area contributed by atoms with Crippen molar-refractivity contribution in [2.45, 2.75) is 39.0 Å². The quantitative estimate of drug-likeness (QED) is 0.532. The summed E-state index contributed by atoms with van der Waals surface area (Å²) in [6.45, 7) is 2.97. The van der Waals surface area contributed by atoms with E-state index in [0.29, 0.717) is 0 Å². The molecule has 2 rings (SSSR count). The highest BCUT2D eigenvalue weighted by Gasteiger charge is 2.11. The number of hydrogen-bond acceptors (Lipinski definition) is 2. The van der Waals surface area contributed by atoms with Crippen LogP contribution in [-0.4, -0.2) is 18.1 Å². The van der Waals surface area contributed by atoms with Crippen LogP contribution in [0.2, 0.25) is 0 Å². The summed E-state index contributed by atoms with van der Waals surface area (Å²) in [5.41, 5.74) is 2.45. The molecule has 1 unspecified atom stereocenters. The van der Waals surface area contributed by atoms with Crippen molar-refractivity contribution in [3.63, 3.8) is 0 Å². The summed E-state index contributed by atoms with van der Waals surface area (Å²) in [5.74, 6) is 3.53. The van der Waals surface area contributed by atoms with Crippen molar-refractivity contribution in [2.75, 3.05) is 18.1 Å². The first kappa shape index (κ1) is 15.5. The number of allylic oxidation sites excluding steroid dienone is 1. The van der Waals surface area contributed by atoms with Crippen LogP contribution in [0.5, 0.6) is 0 Å². The molecule has 0 radical (unpaired) electrons. The lowest BCUT2D eigenvalue weighted by atomic mass is 10.00. The first-order valence-electron chi connectivity index (χ1n) is 7.78. The van der Waals surface area contributed by atoms with E-state index in [9.17, 15) is 0 Å². The monoisotopic (exact) mass is 290 g/mol. The normalized spacial score (nSPS) is 21.1. The van der Waals surface area contributed by atoms with Crippen molar-refractivity contribution >= 4 is 17.3 Å². The Kier molecular flexibility index (Phi) is 7.07. The zero-order valence-electron chi connectivity index (χ0n) is 12.5. The number of ether oxygens (including phenoxy) is 1. The number of hydrogen-bond donors (Lipinski definition) is 0. The van der Waals surface area contributed by atoms with Gasteiger partial charge in [0.05, 0.1) is 12.9 Å². The largest absolute Gasteiger partial charge is 0.501 e. The van der Waals surface area contributed by atoms with Crippen molar-refractivity contribution in [1.29, 1.82) is 0 Å². The van der Waals surface area contributed by atoms with Gasteiger partial charge in [0.15, 0.2) is 0 Å². The molecular formula is C18H26OS. The van der Waals surface area contributed by atoms with Gasteiger partial charge in [0.25, 0.3) is 0 Å². The summed E-state index contributed by atoms with van der Waals surface area (Å²) in [7, 11) is 0. The van der Waals surface area contributed by atoms with Gasteiger partial charge >= 0.3 is 0 Å². The Balaban J connectivity index is 1.69. The molecule has 1 saturated heterocycles. The molecule has 0 amide bonds. The van der Waals surface area contributed by atoms with Gasteiger partial charge in [0, 0.05) is 0 Å². The zero-order chi connectivity index (χ0) is 14.0. The minimum absolute atomic E-state index is 0.853. The van der Waals surface area contributed by atoms with E-state index in [1.165, 1.54) is 54.7 Å². The highest BCUT2D eigenvalue weighted by Crippen LogP contribution is 2.24. The standard InChI is InChI=1S/C18H26OS/c1-16(18-9-5-2-6-10-18)14-19-12-11-17-8-4-3-7-13-20-15-17/h2,5-6,9-10,14,17H,3-4,7-8,11-13,15H2,1H3/b16-14-. The van der Waals surface area contributed by atoms with E-state index in [4.69, 9.17) is 4.74 Å². The maximum absolute atomic E-state index is 5.75. The predicted octanol–water partition coefficient (Wildman–Crippen LogP) is 5.38. The lowest BCUT2D eigenvalue weighted by Crippen LogP contribution is -2.09. The van der Waals surface area contributed by atoms with Gasteiger partial charge in [-0.25, -0.2) is 0 Å². The van der Waals surface area contributed by atoms with Crippen LogP contribution in [0.4, 0.5) is 0 Å². The van der Waals surface area contributed by atoms with Crippen LogP contribution in [0.1, 0.15) is 44.6 Å². The molecule has 1 nitrogen and oxygen atoms in total. The van der Waals surface area contributed by atoms with E-state index < -0.39 is 0 Å². The molecular weight excluding hydrogens is 264 g/mol. The number of rotatable bonds is 5. The van der Waals surface area contributed by atoms with Gasteiger partial charge in [0.2, 0.25) is 0 Å². The van der Waals surface area contributed by atoms with Crippen molar-refractivity contribution in [3.05, 3.63) is 42.2 Å². The Morgan fingerprint density at radius 1 is 1.25 bits per heavy atom. The topological polar surface area (TPSA) is 9.23 Å². The molecule has 0 aromatic heterocycles. The first-order valence-corrected chi connectivity index (χ1v) is 8.93. The smallest absolute Gasteiger partial charge is 0.0876 e. The van der Waals surface area contributed by atoms with Crippen LogP contribution < -0.4 is 0 Å². The predicted molar refractivity (Wildman–Crippen MR) is 89.9 cm³/mol. The molecule has 1 fully saturated rings. The average Bonchev–Trinajstić information content (AvgIpc) is 2.46. The molecule has 1 aromatic rings. The van der Waals surface area contributed by atoms with Gasteiger partial charge in [0.1, 0.15) is 0 Å². The van der Waals surface area contributed by atoms with Crippen LogP contribution in [0.15, 0.2) is 36.6 Å². The molecule has 1 aliphatic rings. The minimum atomic E-state index is 0.853. The second kappa shape index (κ2) is 9.12. The third-order valence-electron chi connectivity index (χ3n) is 3.89. The highest BCUT2D eigenvalue weighted by atomic mass is 32.2. The van der Waals surface area contributed by atoms with Crippen molar-refractivity contribution in [3.8, 4) is 0 Å². The van der Waals surface area contributed by atoms with Crippen molar-refractivity contribution in [1.82, 2.24) is 0 Å². The summed E-state index contributed by atoms with van der Waals surface area (Å²) >= 11 is 2.13. The molecule has 0 bridgehead atoms. The van der Waals surface area contributed by atoms with E-state index >= 15 is 0 Å². The Hall–Kier alpha value is -0.890. The summed E-state index contributed by atoms with van der Waals surface area (Å²) in [5, 5.41) is 0. The van der Waals surface area contributed by atoms with Crippen molar-refractivity contribution in [2.24, 2.45) is 5.92 Å². The fraction of sp³-hybridized carbons (Fsp3) is 0.556. The maximum atomic E-state index is 5.75. The molecule has 0 saturated carbocycles. The van der Waals surface area contributed by atoms with Crippen molar-refractivity contribution < 1.29 is 4.74 Å². The third-order valence-corrected chi connectivity index (χ3v) is 5.17. The van der Waals surface area contributed by atoms with E-state index in [2.05, 4.69) is 43.0 Å². The molecule has 1 atom stereocenters. The molecule has 1 aliphatic heterocycles. The summed E-state index contributed by atoms with van der Waals surface area (Å²) < 4.78 is 5.75. The second-order valence-electron chi connectivity index (χ2n) is 5.62. The maximum Gasteiger partial charge on any atom is 0.0876 e. The summed E-state index contributed by atoms with van der Waals surface area (Å²) in [6.07, 6.45) is 8.74. The molecule has 1 aromatic carbocycles. The Labute approximate surface area is 127 Å². The SMILES string of the molecule is C/C(=C/OCCC1CCCCCSC1)c1ccccc1. The molecule has 0 aliphatic carbocycles. The Morgan fingerprint density at radius 3 is 2.95 bits per heavy atom. The minimum Gasteiger partial charge on any atom is -0.501 e. The second-order valence-corrected chi connectivity index (χ2v) is 6.77. The fourth-order valence-corrected chi connectivity index (χ4v) is 3.80. The zero-order valence-corrected chi connectivity index (χ0v) is 13.3. The van der Waals surface area contributed by atoms with Gasteiger partial charge in [-0.05, 0) is 54.7 Å². The molecule has 2 heteroatoms. The van der Waals surface area contributed by atoms with Crippen LogP contribution in [0.3, 0.4) is 0 Å². The van der Waals surface area contributed by atoms with E-state index in [1.807, 2.05) is 12.3 Å². The molecule has 0 spiro atoms. The van der Waals surface area contributed by atoms with E-state index in [1.54, 1.807) is 0 Å². The van der Waals surface area contributed by atoms with Gasteiger partial charge in [-0.2, -0.15) is 11.8 Å². The fourth-order valence-electron chi connectivity index (χ4n) is 2.56. The summed E-state index contributed by atoms with van der Waals surface area (Å²) in [4.78, 5) is 0. The van der Waals surface area contributed by atoms with Crippen LogP contribution in [0, 0.1) is 5.92 Å². The van der Waals surface area contributed by atoms with Gasteiger partial charge in [-0.1, -0.05) is 43.2 Å². The van der Waals surface area contributed by atoms with Crippen LogP contribution >= 0.6 is 11.8 Å². The van der Waals surface area contributed by atoms with Crippen LogP contribution in [-0.2, 0) is 4.74 Å². The number of benzene rings is 1. The lowest BCUT2D eigenvalue weighted by molar-refractivity contribution is 0.223. The molecule has 110 valence electrons. The molecule has 1 heterocycles. The Bertz CT molecular complexity index is 391. The van der Waals surface area contributed by atoms with Crippen LogP contribution in [0.25, 0.3) is 5.57 Å². The third kappa shape index (κ3) is 5.62. The first-order chi connectivity index (χ1) is 9.86. The van der Waals surface area contributed by atoms with Gasteiger partial charge in [-0.15, -0.1) is 0 Å².